The van der Waals surface area contributed by atoms with Gasteiger partial charge in [0, 0.05) is 12.6 Å². The van der Waals surface area contributed by atoms with Crippen molar-refractivity contribution in [3.8, 4) is 0 Å². The van der Waals surface area contributed by atoms with E-state index in [2.05, 4.69) is 11.4 Å². The van der Waals surface area contributed by atoms with E-state index in [0.717, 1.165) is 19.5 Å². The summed E-state index contributed by atoms with van der Waals surface area (Å²) < 4.78 is 0. The quantitative estimate of drug-likeness (QED) is 0.457. The molecule has 52 valence electrons. The summed E-state index contributed by atoms with van der Waals surface area (Å²) in [5, 5.41) is 3.27. The highest BCUT2D eigenvalue weighted by Gasteiger charge is 2.11. The SMILES string of the molecule is C/C=C1\CNCC[C@@H]1N. The van der Waals surface area contributed by atoms with Crippen LogP contribution in [0.1, 0.15) is 13.3 Å². The molecule has 2 nitrogen and oxygen atoms in total. The van der Waals surface area contributed by atoms with Gasteiger partial charge in [-0.05, 0) is 25.5 Å². The zero-order valence-corrected chi connectivity index (χ0v) is 5.85. The van der Waals surface area contributed by atoms with Crippen LogP contribution in [-0.2, 0) is 0 Å². The number of nitrogens with one attached hydrogen (secondary N) is 1. The summed E-state index contributed by atoms with van der Waals surface area (Å²) in [5.41, 5.74) is 7.13. The Balaban J connectivity index is 2.49. The average molecular weight is 126 g/mol. The van der Waals surface area contributed by atoms with Gasteiger partial charge in [-0.25, -0.2) is 0 Å². The molecule has 1 fully saturated rings. The van der Waals surface area contributed by atoms with Crippen LogP contribution >= 0.6 is 0 Å². The van der Waals surface area contributed by atoms with Crippen LogP contribution in [0.4, 0.5) is 0 Å². The third-order valence-corrected chi connectivity index (χ3v) is 1.81. The fraction of sp³-hybridized carbons (Fsp3) is 0.714. The highest BCUT2D eigenvalue weighted by atomic mass is 14.9. The van der Waals surface area contributed by atoms with E-state index in [9.17, 15) is 0 Å². The predicted octanol–water partition coefficient (Wildman–Crippen LogP) is 0.253. The van der Waals surface area contributed by atoms with Crippen molar-refractivity contribution in [3.05, 3.63) is 11.6 Å². The topological polar surface area (TPSA) is 38.0 Å². The lowest BCUT2D eigenvalue weighted by Gasteiger charge is -2.22. The van der Waals surface area contributed by atoms with Crippen molar-refractivity contribution >= 4 is 0 Å². The zero-order chi connectivity index (χ0) is 6.69. The molecule has 3 N–H and O–H groups in total. The molecule has 0 aromatic rings. The summed E-state index contributed by atoms with van der Waals surface area (Å²) in [5.74, 6) is 0. The van der Waals surface area contributed by atoms with Crippen LogP contribution in [0, 0.1) is 0 Å². The van der Waals surface area contributed by atoms with Crippen LogP contribution in [-0.4, -0.2) is 19.1 Å². The summed E-state index contributed by atoms with van der Waals surface area (Å²) in [6, 6.07) is 0.316. The summed E-state index contributed by atoms with van der Waals surface area (Å²) >= 11 is 0. The number of nitrogens with two attached hydrogens (primary N) is 1. The first-order valence-corrected chi connectivity index (χ1v) is 3.46. The summed E-state index contributed by atoms with van der Waals surface area (Å²) in [6.45, 7) is 4.10. The molecule has 1 rings (SSSR count). The molecule has 0 saturated carbocycles. The molecular weight excluding hydrogens is 112 g/mol. The Morgan fingerprint density at radius 3 is 3.00 bits per heavy atom. The van der Waals surface area contributed by atoms with Crippen molar-refractivity contribution < 1.29 is 0 Å². The van der Waals surface area contributed by atoms with E-state index < -0.39 is 0 Å². The van der Waals surface area contributed by atoms with E-state index in [-0.39, 0.29) is 0 Å². The maximum atomic E-state index is 5.78. The molecular formula is C7H14N2. The second-order valence-electron chi connectivity index (χ2n) is 2.44. The molecule has 0 radical (unpaired) electrons. The molecule has 1 saturated heterocycles. The molecule has 1 aliphatic heterocycles. The minimum atomic E-state index is 0.316. The lowest BCUT2D eigenvalue weighted by molar-refractivity contribution is 0.548. The van der Waals surface area contributed by atoms with Gasteiger partial charge in [-0.3, -0.25) is 0 Å². The van der Waals surface area contributed by atoms with Gasteiger partial charge in [-0.15, -0.1) is 0 Å². The Morgan fingerprint density at radius 2 is 2.56 bits per heavy atom. The number of hydrogen-bond donors (Lipinski definition) is 2. The van der Waals surface area contributed by atoms with E-state index in [0.29, 0.717) is 6.04 Å². The molecule has 1 heterocycles. The molecule has 1 atom stereocenters. The van der Waals surface area contributed by atoms with Crippen molar-refractivity contribution in [3.63, 3.8) is 0 Å². The second kappa shape index (κ2) is 2.99. The molecule has 0 aromatic carbocycles. The van der Waals surface area contributed by atoms with Gasteiger partial charge >= 0.3 is 0 Å². The van der Waals surface area contributed by atoms with Crippen LogP contribution < -0.4 is 11.1 Å². The molecule has 2 heteroatoms. The Kier molecular flexibility index (Phi) is 2.25. The summed E-state index contributed by atoms with van der Waals surface area (Å²) in [6.07, 6.45) is 3.19. The molecule has 0 aromatic heterocycles. The minimum Gasteiger partial charge on any atom is -0.324 e. The molecule has 0 aliphatic carbocycles. The van der Waals surface area contributed by atoms with Crippen LogP contribution in [0.5, 0.6) is 0 Å². The maximum Gasteiger partial charge on any atom is 0.0278 e. The molecule has 0 unspecified atom stereocenters. The number of hydrogen-bond acceptors (Lipinski definition) is 2. The standard InChI is InChI=1S/C7H14N2/c1-2-6-5-9-4-3-7(6)8/h2,7,9H,3-5,8H2,1H3/b6-2+/t7-/m0/s1. The molecule has 0 bridgehead atoms. The van der Waals surface area contributed by atoms with Gasteiger partial charge in [0.15, 0.2) is 0 Å². The zero-order valence-electron chi connectivity index (χ0n) is 5.85. The lowest BCUT2D eigenvalue weighted by atomic mass is 10.0. The maximum absolute atomic E-state index is 5.78. The van der Waals surface area contributed by atoms with Gasteiger partial charge in [-0.1, -0.05) is 6.08 Å². The molecule has 1 aliphatic rings. The van der Waals surface area contributed by atoms with E-state index in [1.165, 1.54) is 5.57 Å². The van der Waals surface area contributed by atoms with Crippen molar-refractivity contribution in [2.45, 2.75) is 19.4 Å². The first kappa shape index (κ1) is 6.78. The summed E-state index contributed by atoms with van der Waals surface area (Å²) in [4.78, 5) is 0. The lowest BCUT2D eigenvalue weighted by Crippen LogP contribution is -2.38. The largest absolute Gasteiger partial charge is 0.324 e. The van der Waals surface area contributed by atoms with Crippen molar-refractivity contribution in [1.82, 2.24) is 5.32 Å². The minimum absolute atomic E-state index is 0.316. The number of piperidine rings is 1. The predicted molar refractivity (Wildman–Crippen MR) is 39.2 cm³/mol. The molecule has 9 heavy (non-hydrogen) atoms. The normalized spacial score (nSPS) is 33.1. The summed E-state index contributed by atoms with van der Waals surface area (Å²) in [7, 11) is 0. The van der Waals surface area contributed by atoms with Gasteiger partial charge < -0.3 is 11.1 Å². The van der Waals surface area contributed by atoms with Crippen LogP contribution in [0.25, 0.3) is 0 Å². The van der Waals surface area contributed by atoms with E-state index in [1.54, 1.807) is 0 Å². The van der Waals surface area contributed by atoms with Crippen LogP contribution in [0.3, 0.4) is 0 Å². The Bertz CT molecular complexity index is 118. The smallest absolute Gasteiger partial charge is 0.0278 e. The van der Waals surface area contributed by atoms with Gasteiger partial charge in [0.05, 0.1) is 0 Å². The fourth-order valence-electron chi connectivity index (χ4n) is 1.12. The van der Waals surface area contributed by atoms with Crippen LogP contribution in [0.15, 0.2) is 11.6 Å². The number of allylic oxidation sites excluding steroid dienone is 1. The molecule has 0 amide bonds. The Hall–Kier alpha value is -0.340. The number of rotatable bonds is 0. The van der Waals surface area contributed by atoms with Crippen molar-refractivity contribution in [1.29, 1.82) is 0 Å². The third kappa shape index (κ3) is 1.53. The first-order chi connectivity index (χ1) is 4.34. The third-order valence-electron chi connectivity index (χ3n) is 1.81. The van der Waals surface area contributed by atoms with Gasteiger partial charge in [0.2, 0.25) is 0 Å². The van der Waals surface area contributed by atoms with Gasteiger partial charge in [0.1, 0.15) is 0 Å². The Morgan fingerprint density at radius 1 is 1.78 bits per heavy atom. The Labute approximate surface area is 56.1 Å². The molecule has 0 spiro atoms. The van der Waals surface area contributed by atoms with E-state index >= 15 is 0 Å². The highest BCUT2D eigenvalue weighted by Crippen LogP contribution is 2.05. The van der Waals surface area contributed by atoms with E-state index in [1.807, 2.05) is 6.92 Å². The van der Waals surface area contributed by atoms with Gasteiger partial charge in [0.25, 0.3) is 0 Å². The monoisotopic (exact) mass is 126 g/mol. The van der Waals surface area contributed by atoms with E-state index in [4.69, 9.17) is 5.73 Å². The fourth-order valence-corrected chi connectivity index (χ4v) is 1.12. The van der Waals surface area contributed by atoms with Crippen molar-refractivity contribution in [2.24, 2.45) is 5.73 Å². The second-order valence-corrected chi connectivity index (χ2v) is 2.44. The average Bonchev–Trinajstić information content (AvgIpc) is 1.89. The first-order valence-electron chi connectivity index (χ1n) is 3.46. The highest BCUT2D eigenvalue weighted by molar-refractivity contribution is 5.13. The van der Waals surface area contributed by atoms with Crippen molar-refractivity contribution in [2.75, 3.05) is 13.1 Å². The van der Waals surface area contributed by atoms with Crippen LogP contribution in [0.2, 0.25) is 0 Å². The van der Waals surface area contributed by atoms with Gasteiger partial charge in [-0.2, -0.15) is 0 Å².